The molecule has 2 atom stereocenters. The van der Waals surface area contributed by atoms with Gasteiger partial charge >= 0.3 is 0 Å². The first-order valence-corrected chi connectivity index (χ1v) is 7.47. The smallest absolute Gasteiger partial charge is 0.264 e. The van der Waals surface area contributed by atoms with Crippen molar-refractivity contribution in [1.29, 1.82) is 0 Å². The Morgan fingerprint density at radius 3 is 2.83 bits per heavy atom. The van der Waals surface area contributed by atoms with Crippen molar-refractivity contribution in [3.05, 3.63) is 35.9 Å². The molecule has 0 aliphatic carbocycles. The van der Waals surface area contributed by atoms with E-state index < -0.39 is 12.1 Å². The fourth-order valence-corrected chi connectivity index (χ4v) is 2.12. The van der Waals surface area contributed by atoms with Gasteiger partial charge in [-0.1, -0.05) is 35.5 Å². The van der Waals surface area contributed by atoms with Crippen LogP contribution in [0.1, 0.15) is 18.9 Å². The quantitative estimate of drug-likeness (QED) is 0.714. The number of methoxy groups -OCH3 is 1. The number of hydrogen-bond donors (Lipinski definition) is 2. The lowest BCUT2D eigenvalue weighted by Gasteiger charge is -2.16. The van der Waals surface area contributed by atoms with Crippen LogP contribution in [-0.4, -0.2) is 49.9 Å². The first-order chi connectivity index (χ1) is 11.1. The molecule has 0 unspecified atom stereocenters. The Labute approximate surface area is 135 Å². The molecule has 0 radical (unpaired) electrons. The molecular weight excluding hydrogens is 298 g/mol. The van der Waals surface area contributed by atoms with Gasteiger partial charge in [0.1, 0.15) is 6.04 Å². The summed E-state index contributed by atoms with van der Waals surface area (Å²) in [7, 11) is 1.55. The van der Waals surface area contributed by atoms with Gasteiger partial charge in [0, 0.05) is 20.1 Å². The van der Waals surface area contributed by atoms with Crippen LogP contribution in [0.3, 0.4) is 0 Å². The molecule has 0 saturated carbocycles. The van der Waals surface area contributed by atoms with Crippen molar-refractivity contribution in [3.8, 4) is 0 Å². The van der Waals surface area contributed by atoms with Crippen molar-refractivity contribution >= 4 is 17.5 Å². The van der Waals surface area contributed by atoms with Crippen LogP contribution >= 0.6 is 0 Å². The molecule has 1 aliphatic heterocycles. The normalized spacial score (nSPS) is 17.8. The van der Waals surface area contributed by atoms with Crippen molar-refractivity contribution in [2.24, 2.45) is 5.16 Å². The predicted octanol–water partition coefficient (Wildman–Crippen LogP) is 0.447. The number of benzene rings is 1. The molecule has 2 amide bonds. The maximum Gasteiger partial charge on any atom is 0.264 e. The van der Waals surface area contributed by atoms with Gasteiger partial charge in [0.05, 0.1) is 12.3 Å². The Morgan fingerprint density at radius 2 is 2.13 bits per heavy atom. The van der Waals surface area contributed by atoms with Gasteiger partial charge in [-0.3, -0.25) is 9.59 Å². The molecule has 2 N–H and O–H groups in total. The molecule has 124 valence electrons. The number of amides is 2. The SMILES string of the molecule is COCCNC(=O)[C@@H](C)NC(=O)[C@H]1CC(c2ccccc2)=NO1. The second-order valence-electron chi connectivity index (χ2n) is 5.22. The summed E-state index contributed by atoms with van der Waals surface area (Å²) in [6.07, 6.45) is -0.326. The van der Waals surface area contributed by atoms with E-state index in [2.05, 4.69) is 15.8 Å². The second-order valence-corrected chi connectivity index (χ2v) is 5.22. The lowest BCUT2D eigenvalue weighted by Crippen LogP contribution is -2.48. The van der Waals surface area contributed by atoms with Gasteiger partial charge in [-0.2, -0.15) is 0 Å². The largest absolute Gasteiger partial charge is 0.383 e. The molecule has 23 heavy (non-hydrogen) atoms. The molecule has 1 aliphatic rings. The van der Waals surface area contributed by atoms with Crippen LogP contribution in [-0.2, 0) is 19.2 Å². The molecule has 2 rings (SSSR count). The summed E-state index contributed by atoms with van der Waals surface area (Å²) in [5.74, 6) is -0.619. The van der Waals surface area contributed by atoms with Gasteiger partial charge in [0.15, 0.2) is 0 Å². The van der Waals surface area contributed by atoms with Crippen molar-refractivity contribution < 1.29 is 19.2 Å². The Kier molecular flexibility index (Phi) is 6.10. The van der Waals surface area contributed by atoms with Crippen LogP contribution in [0, 0.1) is 0 Å². The molecule has 0 bridgehead atoms. The van der Waals surface area contributed by atoms with Gasteiger partial charge < -0.3 is 20.2 Å². The summed E-state index contributed by atoms with van der Waals surface area (Å²) >= 11 is 0. The van der Waals surface area contributed by atoms with E-state index in [4.69, 9.17) is 9.57 Å². The fraction of sp³-hybridized carbons (Fsp3) is 0.438. The van der Waals surface area contributed by atoms with Crippen molar-refractivity contribution in [1.82, 2.24) is 10.6 Å². The Bertz CT molecular complexity index is 574. The number of hydrogen-bond acceptors (Lipinski definition) is 5. The average Bonchev–Trinajstić information content (AvgIpc) is 3.06. The van der Waals surface area contributed by atoms with E-state index in [9.17, 15) is 9.59 Å². The Balaban J connectivity index is 1.80. The molecule has 1 aromatic rings. The van der Waals surface area contributed by atoms with E-state index in [1.54, 1.807) is 14.0 Å². The number of oxime groups is 1. The highest BCUT2D eigenvalue weighted by Gasteiger charge is 2.30. The molecule has 7 heteroatoms. The van der Waals surface area contributed by atoms with E-state index in [0.29, 0.717) is 19.6 Å². The van der Waals surface area contributed by atoms with Gasteiger partial charge in [0.25, 0.3) is 5.91 Å². The maximum atomic E-state index is 12.2. The van der Waals surface area contributed by atoms with E-state index in [1.807, 2.05) is 30.3 Å². The first-order valence-electron chi connectivity index (χ1n) is 7.47. The fourth-order valence-electron chi connectivity index (χ4n) is 2.12. The number of rotatable bonds is 7. The minimum absolute atomic E-state index is 0.266. The molecule has 0 fully saturated rings. The highest BCUT2D eigenvalue weighted by molar-refractivity contribution is 6.04. The number of nitrogens with zero attached hydrogens (tertiary/aromatic N) is 1. The lowest BCUT2D eigenvalue weighted by molar-refractivity contribution is -0.135. The molecule has 1 heterocycles. The Hall–Kier alpha value is -2.41. The average molecular weight is 319 g/mol. The van der Waals surface area contributed by atoms with Gasteiger partial charge in [-0.25, -0.2) is 0 Å². The molecule has 0 spiro atoms. The molecule has 0 aromatic heterocycles. The lowest BCUT2D eigenvalue weighted by atomic mass is 10.0. The zero-order valence-corrected chi connectivity index (χ0v) is 13.2. The van der Waals surface area contributed by atoms with Gasteiger partial charge in [-0.15, -0.1) is 0 Å². The monoisotopic (exact) mass is 319 g/mol. The number of carbonyl (C=O) groups excluding carboxylic acids is 2. The summed E-state index contributed by atoms with van der Waals surface area (Å²) in [6, 6.07) is 8.88. The van der Waals surface area contributed by atoms with Crippen LogP contribution in [0.25, 0.3) is 0 Å². The van der Waals surface area contributed by atoms with Crippen molar-refractivity contribution in [3.63, 3.8) is 0 Å². The van der Waals surface area contributed by atoms with Gasteiger partial charge in [-0.05, 0) is 12.5 Å². The summed E-state index contributed by atoms with van der Waals surface area (Å²) in [5, 5.41) is 9.26. The minimum Gasteiger partial charge on any atom is -0.383 e. The second kappa shape index (κ2) is 8.28. The number of carbonyl (C=O) groups is 2. The maximum absolute atomic E-state index is 12.2. The van der Waals surface area contributed by atoms with Gasteiger partial charge in [0.2, 0.25) is 12.0 Å². The summed E-state index contributed by atoms with van der Waals surface area (Å²) < 4.78 is 4.85. The van der Waals surface area contributed by atoms with Crippen LogP contribution in [0.15, 0.2) is 35.5 Å². The standard InChI is InChI=1S/C16H21N3O4/c1-11(15(20)17-8-9-22-2)18-16(21)14-10-13(19-23-14)12-6-4-3-5-7-12/h3-7,11,14H,8-10H2,1-2H3,(H,17,20)(H,18,21)/t11-,14-/m1/s1. The highest BCUT2D eigenvalue weighted by Crippen LogP contribution is 2.16. The van der Waals surface area contributed by atoms with E-state index in [1.165, 1.54) is 0 Å². The van der Waals surface area contributed by atoms with Crippen molar-refractivity contribution in [2.75, 3.05) is 20.3 Å². The summed E-state index contributed by atoms with van der Waals surface area (Å²) in [4.78, 5) is 29.1. The molecule has 1 aromatic carbocycles. The third-order valence-corrected chi connectivity index (χ3v) is 3.43. The highest BCUT2D eigenvalue weighted by atomic mass is 16.6. The molecular formula is C16H21N3O4. The summed E-state index contributed by atoms with van der Waals surface area (Å²) in [6.45, 7) is 2.44. The third kappa shape index (κ3) is 4.79. The van der Waals surface area contributed by atoms with E-state index >= 15 is 0 Å². The third-order valence-electron chi connectivity index (χ3n) is 3.43. The zero-order chi connectivity index (χ0) is 16.7. The molecule has 7 nitrogen and oxygen atoms in total. The van der Waals surface area contributed by atoms with Crippen LogP contribution in [0.2, 0.25) is 0 Å². The summed E-state index contributed by atoms with van der Waals surface area (Å²) in [5.41, 5.74) is 1.65. The van der Waals surface area contributed by atoms with E-state index in [0.717, 1.165) is 11.3 Å². The van der Waals surface area contributed by atoms with E-state index in [-0.39, 0.29) is 11.8 Å². The van der Waals surface area contributed by atoms with Crippen LogP contribution < -0.4 is 10.6 Å². The number of nitrogens with one attached hydrogen (secondary N) is 2. The van der Waals surface area contributed by atoms with Crippen LogP contribution in [0.5, 0.6) is 0 Å². The minimum atomic E-state index is -0.709. The zero-order valence-electron chi connectivity index (χ0n) is 13.2. The van der Waals surface area contributed by atoms with Crippen molar-refractivity contribution in [2.45, 2.75) is 25.5 Å². The first kappa shape index (κ1) is 17.0. The Morgan fingerprint density at radius 1 is 1.39 bits per heavy atom. The molecule has 0 saturated heterocycles. The predicted molar refractivity (Wildman–Crippen MR) is 85.0 cm³/mol. The topological polar surface area (TPSA) is 89.0 Å². The van der Waals surface area contributed by atoms with Crippen LogP contribution in [0.4, 0.5) is 0 Å². The number of ether oxygens (including phenoxy) is 1.